The van der Waals surface area contributed by atoms with Gasteiger partial charge in [-0.2, -0.15) is 5.26 Å². The zero-order chi connectivity index (χ0) is 9.73. The van der Waals surface area contributed by atoms with Gasteiger partial charge in [-0.15, -0.1) is 0 Å². The molecule has 1 aliphatic heterocycles. The fourth-order valence-electron chi connectivity index (χ4n) is 1.33. The van der Waals surface area contributed by atoms with Gasteiger partial charge in [-0.3, -0.25) is 0 Å². The molecule has 0 unspecified atom stereocenters. The first kappa shape index (κ1) is 10.4. The SMILES string of the molecule is N#CCS(=O)(=O)N[C@@H]1CCCNC1. The maximum Gasteiger partial charge on any atom is 0.225 e. The van der Waals surface area contributed by atoms with E-state index in [0.717, 1.165) is 19.4 Å². The highest BCUT2D eigenvalue weighted by atomic mass is 32.2. The first-order valence-electron chi connectivity index (χ1n) is 4.22. The van der Waals surface area contributed by atoms with Gasteiger partial charge in [0.2, 0.25) is 10.0 Å². The van der Waals surface area contributed by atoms with Crippen molar-refractivity contribution in [2.24, 2.45) is 0 Å². The van der Waals surface area contributed by atoms with Gasteiger partial charge in [0.25, 0.3) is 0 Å². The second-order valence-corrected chi connectivity index (χ2v) is 4.83. The van der Waals surface area contributed by atoms with Crippen LogP contribution in [0.15, 0.2) is 0 Å². The highest BCUT2D eigenvalue weighted by molar-refractivity contribution is 7.89. The number of sulfonamides is 1. The quantitative estimate of drug-likeness (QED) is 0.628. The van der Waals surface area contributed by atoms with E-state index in [4.69, 9.17) is 5.26 Å². The van der Waals surface area contributed by atoms with Crippen molar-refractivity contribution in [2.75, 3.05) is 18.8 Å². The number of nitrogens with zero attached hydrogens (tertiary/aromatic N) is 1. The molecule has 13 heavy (non-hydrogen) atoms. The van der Waals surface area contributed by atoms with Crippen LogP contribution in [0.1, 0.15) is 12.8 Å². The zero-order valence-electron chi connectivity index (χ0n) is 7.28. The van der Waals surface area contributed by atoms with Crippen LogP contribution in [0.4, 0.5) is 0 Å². The van der Waals surface area contributed by atoms with E-state index in [9.17, 15) is 8.42 Å². The third-order valence-corrected chi connectivity index (χ3v) is 3.10. The van der Waals surface area contributed by atoms with Crippen molar-refractivity contribution in [3.63, 3.8) is 0 Å². The summed E-state index contributed by atoms with van der Waals surface area (Å²) in [6.45, 7) is 1.60. The van der Waals surface area contributed by atoms with Crippen molar-refractivity contribution < 1.29 is 8.42 Å². The van der Waals surface area contributed by atoms with Gasteiger partial charge in [-0.05, 0) is 19.4 Å². The van der Waals surface area contributed by atoms with Gasteiger partial charge >= 0.3 is 0 Å². The Hall–Kier alpha value is -0.640. The summed E-state index contributed by atoms with van der Waals surface area (Å²) in [6.07, 6.45) is 1.82. The molecular formula is C7H13N3O2S. The molecule has 2 N–H and O–H groups in total. The van der Waals surface area contributed by atoms with Crippen LogP contribution in [0, 0.1) is 11.3 Å². The number of piperidine rings is 1. The Morgan fingerprint density at radius 1 is 1.62 bits per heavy atom. The Balaban J connectivity index is 2.43. The van der Waals surface area contributed by atoms with Crippen molar-refractivity contribution in [3.8, 4) is 6.07 Å². The van der Waals surface area contributed by atoms with Gasteiger partial charge < -0.3 is 5.32 Å². The highest BCUT2D eigenvalue weighted by Crippen LogP contribution is 2.02. The molecule has 5 nitrogen and oxygen atoms in total. The van der Waals surface area contributed by atoms with E-state index in [-0.39, 0.29) is 6.04 Å². The van der Waals surface area contributed by atoms with Crippen molar-refractivity contribution in [1.29, 1.82) is 5.26 Å². The molecule has 1 atom stereocenters. The second-order valence-electron chi connectivity index (χ2n) is 3.08. The molecule has 0 aromatic rings. The lowest BCUT2D eigenvalue weighted by Crippen LogP contribution is -2.46. The summed E-state index contributed by atoms with van der Waals surface area (Å²) in [5.74, 6) is -0.455. The predicted molar refractivity (Wildman–Crippen MR) is 48.4 cm³/mol. The molecule has 0 aromatic carbocycles. The van der Waals surface area contributed by atoms with Crippen LogP contribution in [0.25, 0.3) is 0 Å². The number of nitriles is 1. The van der Waals surface area contributed by atoms with Gasteiger partial charge in [-0.1, -0.05) is 0 Å². The molecule has 74 valence electrons. The smallest absolute Gasteiger partial charge is 0.225 e. The maximum atomic E-state index is 11.1. The Bertz CT molecular complexity index is 287. The average molecular weight is 203 g/mol. The van der Waals surface area contributed by atoms with Gasteiger partial charge in [0.05, 0.1) is 6.07 Å². The van der Waals surface area contributed by atoms with Crippen molar-refractivity contribution in [1.82, 2.24) is 10.0 Å². The van der Waals surface area contributed by atoms with Crippen LogP contribution in [0.2, 0.25) is 0 Å². The number of rotatable bonds is 3. The normalized spacial score (nSPS) is 23.8. The van der Waals surface area contributed by atoms with Crippen LogP contribution in [0.3, 0.4) is 0 Å². The molecular weight excluding hydrogens is 190 g/mol. The predicted octanol–water partition coefficient (Wildman–Crippen LogP) is -0.819. The van der Waals surface area contributed by atoms with Gasteiger partial charge in [-0.25, -0.2) is 13.1 Å². The van der Waals surface area contributed by atoms with Crippen LogP contribution >= 0.6 is 0 Å². The molecule has 0 spiro atoms. The Morgan fingerprint density at radius 3 is 2.92 bits per heavy atom. The fourth-order valence-corrected chi connectivity index (χ4v) is 2.30. The Labute approximate surface area is 78.2 Å². The summed E-state index contributed by atoms with van der Waals surface area (Å²) >= 11 is 0. The van der Waals surface area contributed by atoms with Crippen LogP contribution in [0.5, 0.6) is 0 Å². The molecule has 0 amide bonds. The molecule has 0 radical (unpaired) electrons. The Morgan fingerprint density at radius 2 is 2.38 bits per heavy atom. The minimum Gasteiger partial charge on any atom is -0.315 e. The fraction of sp³-hybridized carbons (Fsp3) is 0.857. The monoisotopic (exact) mass is 203 g/mol. The van der Waals surface area contributed by atoms with E-state index in [1.54, 1.807) is 6.07 Å². The number of nitrogens with one attached hydrogen (secondary N) is 2. The van der Waals surface area contributed by atoms with E-state index in [0.29, 0.717) is 6.54 Å². The van der Waals surface area contributed by atoms with E-state index in [2.05, 4.69) is 10.0 Å². The molecule has 1 rings (SSSR count). The van der Waals surface area contributed by atoms with Crippen molar-refractivity contribution in [2.45, 2.75) is 18.9 Å². The first-order valence-corrected chi connectivity index (χ1v) is 5.87. The van der Waals surface area contributed by atoms with E-state index in [1.807, 2.05) is 0 Å². The van der Waals surface area contributed by atoms with Gasteiger partial charge in [0.15, 0.2) is 5.75 Å². The summed E-state index contributed by atoms with van der Waals surface area (Å²) in [7, 11) is -3.38. The summed E-state index contributed by atoms with van der Waals surface area (Å²) in [5.41, 5.74) is 0. The summed E-state index contributed by atoms with van der Waals surface area (Å²) in [6, 6.07) is 1.58. The molecule has 6 heteroatoms. The molecule has 1 aliphatic rings. The van der Waals surface area contributed by atoms with Crippen LogP contribution in [-0.2, 0) is 10.0 Å². The van der Waals surface area contributed by atoms with Gasteiger partial charge in [0.1, 0.15) is 0 Å². The summed E-state index contributed by atoms with van der Waals surface area (Å²) in [4.78, 5) is 0. The lowest BCUT2D eigenvalue weighted by molar-refractivity contribution is 0.429. The molecule has 0 saturated carbocycles. The standard InChI is InChI=1S/C7H13N3O2S/c8-3-5-13(11,12)10-7-2-1-4-9-6-7/h7,9-10H,1-2,4-6H2/t7-/m1/s1. The molecule has 0 bridgehead atoms. The number of hydrogen-bond donors (Lipinski definition) is 2. The van der Waals surface area contributed by atoms with Gasteiger partial charge in [0, 0.05) is 12.6 Å². The summed E-state index contributed by atoms with van der Waals surface area (Å²) in [5, 5.41) is 11.3. The zero-order valence-corrected chi connectivity index (χ0v) is 8.10. The lowest BCUT2D eigenvalue weighted by atomic mass is 10.1. The lowest BCUT2D eigenvalue weighted by Gasteiger charge is -2.22. The molecule has 1 heterocycles. The summed E-state index contributed by atoms with van der Waals surface area (Å²) < 4.78 is 24.8. The van der Waals surface area contributed by atoms with Crippen LogP contribution in [-0.4, -0.2) is 33.3 Å². The van der Waals surface area contributed by atoms with E-state index >= 15 is 0 Å². The van der Waals surface area contributed by atoms with E-state index < -0.39 is 15.8 Å². The topological polar surface area (TPSA) is 82.0 Å². The first-order chi connectivity index (χ1) is 6.14. The minimum atomic E-state index is -3.38. The molecule has 1 saturated heterocycles. The number of hydrogen-bond acceptors (Lipinski definition) is 4. The average Bonchev–Trinajstić information content (AvgIpc) is 2.04. The van der Waals surface area contributed by atoms with Crippen molar-refractivity contribution >= 4 is 10.0 Å². The maximum absolute atomic E-state index is 11.1. The van der Waals surface area contributed by atoms with Crippen molar-refractivity contribution in [3.05, 3.63) is 0 Å². The molecule has 1 fully saturated rings. The minimum absolute atomic E-state index is 0.0490. The molecule has 0 aliphatic carbocycles. The van der Waals surface area contributed by atoms with E-state index in [1.165, 1.54) is 0 Å². The highest BCUT2D eigenvalue weighted by Gasteiger charge is 2.19. The Kier molecular flexibility index (Phi) is 3.66. The third kappa shape index (κ3) is 3.72. The largest absolute Gasteiger partial charge is 0.315 e. The second kappa shape index (κ2) is 4.56. The molecule has 0 aromatic heterocycles. The van der Waals surface area contributed by atoms with Crippen LogP contribution < -0.4 is 10.0 Å². The third-order valence-electron chi connectivity index (χ3n) is 1.90.